The number of anilines is 2. The Morgan fingerprint density at radius 3 is 2.72 bits per heavy atom. The van der Waals surface area contributed by atoms with Gasteiger partial charge in [-0.15, -0.1) is 24.0 Å². The molecule has 7 nitrogen and oxygen atoms in total. The van der Waals surface area contributed by atoms with Crippen LogP contribution in [-0.4, -0.2) is 51.9 Å². The van der Waals surface area contributed by atoms with Crippen molar-refractivity contribution < 1.29 is 9.47 Å². The van der Waals surface area contributed by atoms with Gasteiger partial charge in [0.2, 0.25) is 0 Å². The van der Waals surface area contributed by atoms with Crippen LogP contribution >= 0.6 is 24.0 Å². The van der Waals surface area contributed by atoms with E-state index in [1.807, 2.05) is 68.5 Å². The summed E-state index contributed by atoms with van der Waals surface area (Å²) in [4.78, 5) is 11.0. The van der Waals surface area contributed by atoms with Crippen molar-refractivity contribution in [3.8, 4) is 5.75 Å². The number of hydrogen-bond donors (Lipinski definition) is 2. The number of halogens is 1. The van der Waals surface area contributed by atoms with Crippen molar-refractivity contribution in [2.45, 2.75) is 19.9 Å². The predicted octanol–water partition coefficient (Wildman–Crippen LogP) is 3.76. The summed E-state index contributed by atoms with van der Waals surface area (Å²) >= 11 is 0. The fraction of sp³-hybridized carbons (Fsp3) is 0.429. The molecule has 8 heteroatoms. The Kier molecular flexibility index (Phi) is 12.1. The van der Waals surface area contributed by atoms with E-state index in [-0.39, 0.29) is 24.0 Å². The molecule has 0 aliphatic rings. The van der Waals surface area contributed by atoms with Crippen LogP contribution < -0.4 is 20.3 Å². The molecule has 0 atom stereocenters. The minimum absolute atomic E-state index is 0. The summed E-state index contributed by atoms with van der Waals surface area (Å²) in [5, 5.41) is 6.61. The molecule has 0 unspecified atom stereocenters. The van der Waals surface area contributed by atoms with Crippen LogP contribution in [0.15, 0.2) is 47.6 Å². The van der Waals surface area contributed by atoms with Crippen LogP contribution in [0.5, 0.6) is 5.75 Å². The fourth-order valence-electron chi connectivity index (χ4n) is 2.47. The maximum Gasteiger partial charge on any atom is 0.196 e. The average Bonchev–Trinajstić information content (AvgIpc) is 2.70. The van der Waals surface area contributed by atoms with E-state index in [1.165, 1.54) is 0 Å². The van der Waals surface area contributed by atoms with E-state index in [0.29, 0.717) is 19.8 Å². The molecule has 1 aromatic heterocycles. The number of guanidine groups is 1. The third-order valence-corrected chi connectivity index (χ3v) is 3.89. The fourth-order valence-corrected chi connectivity index (χ4v) is 2.47. The smallest absolute Gasteiger partial charge is 0.196 e. The van der Waals surface area contributed by atoms with Gasteiger partial charge in [-0.25, -0.2) is 9.98 Å². The van der Waals surface area contributed by atoms with Gasteiger partial charge in [0.25, 0.3) is 0 Å². The first-order valence-electron chi connectivity index (χ1n) is 9.51. The largest absolute Gasteiger partial charge is 0.493 e. The van der Waals surface area contributed by atoms with Crippen LogP contribution in [0.4, 0.5) is 11.5 Å². The number of rotatable bonds is 10. The molecule has 0 spiro atoms. The first-order chi connectivity index (χ1) is 13.6. The number of methoxy groups -OCH3 is 1. The van der Waals surface area contributed by atoms with Crippen molar-refractivity contribution in [1.29, 1.82) is 0 Å². The van der Waals surface area contributed by atoms with Crippen molar-refractivity contribution in [3.05, 3.63) is 48.2 Å². The molecule has 0 aliphatic carbocycles. The number of ether oxygens (including phenoxy) is 2. The Morgan fingerprint density at radius 2 is 2.00 bits per heavy atom. The monoisotopic (exact) mass is 513 g/mol. The zero-order chi connectivity index (χ0) is 20.2. The van der Waals surface area contributed by atoms with Gasteiger partial charge in [-0.05, 0) is 36.8 Å². The maximum atomic E-state index is 5.76. The van der Waals surface area contributed by atoms with Gasteiger partial charge in [-0.3, -0.25) is 0 Å². The van der Waals surface area contributed by atoms with Gasteiger partial charge in [-0.2, -0.15) is 0 Å². The van der Waals surface area contributed by atoms with Crippen molar-refractivity contribution in [2.24, 2.45) is 4.99 Å². The molecule has 160 valence electrons. The van der Waals surface area contributed by atoms with Gasteiger partial charge in [-0.1, -0.05) is 6.07 Å². The molecule has 0 radical (unpaired) electrons. The molecule has 2 rings (SSSR count). The van der Waals surface area contributed by atoms with Crippen LogP contribution in [0.3, 0.4) is 0 Å². The lowest BCUT2D eigenvalue weighted by molar-refractivity contribution is 0.172. The summed E-state index contributed by atoms with van der Waals surface area (Å²) in [6, 6.07) is 11.9. The Bertz CT molecular complexity index is 755. The summed E-state index contributed by atoms with van der Waals surface area (Å²) in [6.07, 6.45) is 2.67. The van der Waals surface area contributed by atoms with E-state index in [9.17, 15) is 0 Å². The lowest BCUT2D eigenvalue weighted by Gasteiger charge is -2.14. The predicted molar refractivity (Wildman–Crippen MR) is 131 cm³/mol. The van der Waals surface area contributed by atoms with Gasteiger partial charge in [0.05, 0.1) is 13.2 Å². The van der Waals surface area contributed by atoms with E-state index in [2.05, 4.69) is 20.6 Å². The standard InChI is InChI=1S/C21H31N5O2.HI/c1-5-22-21(24-16-17-10-11-23-20(14-17)26(2)3)25-18-8-6-9-19(15-18)28-13-7-12-27-4;/h6,8-11,14-15H,5,7,12-13,16H2,1-4H3,(H2,22,24,25);1H. The molecule has 0 fully saturated rings. The van der Waals surface area contributed by atoms with Crippen LogP contribution in [0.25, 0.3) is 0 Å². The van der Waals surface area contributed by atoms with E-state index < -0.39 is 0 Å². The van der Waals surface area contributed by atoms with Crippen LogP contribution in [0, 0.1) is 0 Å². The molecule has 1 aromatic carbocycles. The maximum absolute atomic E-state index is 5.76. The number of aromatic nitrogens is 1. The molecular formula is C21H32IN5O2. The molecule has 0 saturated heterocycles. The second-order valence-corrected chi connectivity index (χ2v) is 6.46. The number of aliphatic imine (C=N–C) groups is 1. The topological polar surface area (TPSA) is 71.0 Å². The normalized spacial score (nSPS) is 10.8. The Labute approximate surface area is 190 Å². The highest BCUT2D eigenvalue weighted by Crippen LogP contribution is 2.18. The quantitative estimate of drug-likeness (QED) is 0.218. The molecular weight excluding hydrogens is 481 g/mol. The van der Waals surface area contributed by atoms with Crippen LogP contribution in [-0.2, 0) is 11.3 Å². The second-order valence-electron chi connectivity index (χ2n) is 6.46. The summed E-state index contributed by atoms with van der Waals surface area (Å²) in [7, 11) is 5.65. The zero-order valence-corrected chi connectivity index (χ0v) is 20.0. The summed E-state index contributed by atoms with van der Waals surface area (Å²) < 4.78 is 10.8. The van der Waals surface area contributed by atoms with Crippen molar-refractivity contribution >= 4 is 41.4 Å². The number of pyridine rings is 1. The van der Waals surface area contributed by atoms with Gasteiger partial charge in [0.15, 0.2) is 5.96 Å². The highest BCUT2D eigenvalue weighted by Gasteiger charge is 2.03. The van der Waals surface area contributed by atoms with Crippen LogP contribution in [0.2, 0.25) is 0 Å². The lowest BCUT2D eigenvalue weighted by Crippen LogP contribution is -2.30. The van der Waals surface area contributed by atoms with Crippen LogP contribution in [0.1, 0.15) is 18.9 Å². The highest BCUT2D eigenvalue weighted by atomic mass is 127. The number of nitrogens with one attached hydrogen (secondary N) is 2. The van der Waals surface area contributed by atoms with Gasteiger partial charge in [0, 0.05) is 58.7 Å². The second kappa shape index (κ2) is 14.0. The molecule has 1 heterocycles. The van der Waals surface area contributed by atoms with E-state index in [1.54, 1.807) is 7.11 Å². The summed E-state index contributed by atoms with van der Waals surface area (Å²) in [5.74, 6) is 2.47. The number of hydrogen-bond acceptors (Lipinski definition) is 5. The third-order valence-electron chi connectivity index (χ3n) is 3.89. The average molecular weight is 513 g/mol. The molecule has 2 aromatic rings. The molecule has 0 saturated carbocycles. The minimum Gasteiger partial charge on any atom is -0.493 e. The molecule has 0 aliphatic heterocycles. The first kappa shape index (κ1) is 25.0. The third kappa shape index (κ3) is 9.31. The number of benzene rings is 1. The molecule has 29 heavy (non-hydrogen) atoms. The SMILES string of the molecule is CCNC(=NCc1ccnc(N(C)C)c1)Nc1cccc(OCCCOC)c1.I. The molecule has 0 amide bonds. The van der Waals surface area contributed by atoms with Crippen molar-refractivity contribution in [2.75, 3.05) is 51.2 Å². The molecule has 0 bridgehead atoms. The first-order valence-corrected chi connectivity index (χ1v) is 9.51. The summed E-state index contributed by atoms with van der Waals surface area (Å²) in [6.45, 7) is 4.70. The van der Waals surface area contributed by atoms with Crippen molar-refractivity contribution in [1.82, 2.24) is 10.3 Å². The van der Waals surface area contributed by atoms with Gasteiger partial charge >= 0.3 is 0 Å². The van der Waals surface area contributed by atoms with Gasteiger partial charge < -0.3 is 25.0 Å². The minimum atomic E-state index is 0. The molecule has 2 N–H and O–H groups in total. The Hall–Kier alpha value is -2.07. The highest BCUT2D eigenvalue weighted by molar-refractivity contribution is 14.0. The van der Waals surface area contributed by atoms with E-state index >= 15 is 0 Å². The lowest BCUT2D eigenvalue weighted by atomic mass is 10.2. The van der Waals surface area contributed by atoms with E-state index in [0.717, 1.165) is 41.7 Å². The Balaban J connectivity index is 0.00000420. The number of nitrogens with zero attached hydrogens (tertiary/aromatic N) is 3. The zero-order valence-electron chi connectivity index (χ0n) is 17.6. The summed E-state index contributed by atoms with van der Waals surface area (Å²) in [5.41, 5.74) is 2.03. The van der Waals surface area contributed by atoms with Crippen molar-refractivity contribution in [3.63, 3.8) is 0 Å². The Morgan fingerprint density at radius 1 is 1.17 bits per heavy atom. The van der Waals surface area contributed by atoms with E-state index in [4.69, 9.17) is 9.47 Å². The van der Waals surface area contributed by atoms with Gasteiger partial charge in [0.1, 0.15) is 11.6 Å².